The maximum absolute atomic E-state index is 11.2. The molecule has 2 saturated carbocycles. The Morgan fingerprint density at radius 3 is 1.64 bits per heavy atom. The Kier molecular flexibility index (Phi) is 2.44. The summed E-state index contributed by atoms with van der Waals surface area (Å²) < 4.78 is 9.88. The molecule has 2 aliphatic carbocycles. The van der Waals surface area contributed by atoms with E-state index in [1.165, 1.54) is 0 Å². The van der Waals surface area contributed by atoms with Gasteiger partial charge in [0.1, 0.15) is 0 Å². The van der Waals surface area contributed by atoms with Gasteiger partial charge >= 0.3 is 11.9 Å². The summed E-state index contributed by atoms with van der Waals surface area (Å²) in [5.74, 6) is -0.364. The normalized spacial score (nSPS) is 20.7. The molecule has 14 heavy (non-hydrogen) atoms. The molecule has 0 aromatic carbocycles. The van der Waals surface area contributed by atoms with Crippen LogP contribution >= 0.6 is 0 Å². The summed E-state index contributed by atoms with van der Waals surface area (Å²) in [6, 6.07) is 0. The van der Waals surface area contributed by atoms with Gasteiger partial charge in [0.2, 0.25) is 6.29 Å². The van der Waals surface area contributed by atoms with Gasteiger partial charge in [0, 0.05) is 6.92 Å². The molecule has 2 fully saturated rings. The summed E-state index contributed by atoms with van der Waals surface area (Å²) in [7, 11) is 0. The van der Waals surface area contributed by atoms with Crippen molar-refractivity contribution in [3.05, 3.63) is 0 Å². The van der Waals surface area contributed by atoms with Gasteiger partial charge in [-0.3, -0.25) is 9.59 Å². The van der Waals surface area contributed by atoms with Gasteiger partial charge in [-0.2, -0.15) is 0 Å². The Labute approximate surface area is 82.6 Å². The molecule has 0 unspecified atom stereocenters. The van der Waals surface area contributed by atoms with Crippen LogP contribution in [0.4, 0.5) is 0 Å². The van der Waals surface area contributed by atoms with Crippen molar-refractivity contribution in [2.24, 2.45) is 11.8 Å². The number of hydrogen-bond acceptors (Lipinski definition) is 4. The second-order valence-electron chi connectivity index (χ2n) is 3.99. The van der Waals surface area contributed by atoms with Crippen LogP contribution in [-0.4, -0.2) is 18.2 Å². The topological polar surface area (TPSA) is 52.6 Å². The van der Waals surface area contributed by atoms with E-state index in [0.717, 1.165) is 25.7 Å². The summed E-state index contributed by atoms with van der Waals surface area (Å²) in [6.45, 7) is 1.58. The minimum atomic E-state index is -0.726. The minimum Gasteiger partial charge on any atom is -0.425 e. The molecule has 0 amide bonds. The second kappa shape index (κ2) is 3.59. The van der Waals surface area contributed by atoms with Gasteiger partial charge in [-0.1, -0.05) is 0 Å². The van der Waals surface area contributed by atoms with Crippen LogP contribution in [0.2, 0.25) is 0 Å². The van der Waals surface area contributed by atoms with E-state index in [9.17, 15) is 9.59 Å². The van der Waals surface area contributed by atoms with E-state index >= 15 is 0 Å². The number of carbonyl (C=O) groups excluding carboxylic acids is 2. The fourth-order valence-electron chi connectivity index (χ4n) is 1.18. The van der Waals surface area contributed by atoms with Crippen LogP contribution in [0.3, 0.4) is 0 Å². The van der Waals surface area contributed by atoms with Gasteiger partial charge in [0.15, 0.2) is 0 Å². The van der Waals surface area contributed by atoms with Crippen molar-refractivity contribution in [3.8, 4) is 0 Å². The molecular weight excluding hydrogens is 184 g/mol. The van der Waals surface area contributed by atoms with Crippen LogP contribution in [0.15, 0.2) is 0 Å². The molecule has 0 saturated heterocycles. The summed E-state index contributed by atoms with van der Waals surface area (Å²) in [5, 5.41) is 0. The van der Waals surface area contributed by atoms with Crippen molar-refractivity contribution in [1.29, 1.82) is 0 Å². The molecule has 0 N–H and O–H groups in total. The third-order valence-electron chi connectivity index (χ3n) is 2.39. The van der Waals surface area contributed by atoms with Gasteiger partial charge in [-0.15, -0.1) is 0 Å². The highest BCUT2D eigenvalue weighted by Crippen LogP contribution is 2.32. The first-order valence-electron chi connectivity index (χ1n) is 5.08. The molecule has 0 aromatic heterocycles. The lowest BCUT2D eigenvalue weighted by Crippen LogP contribution is -2.23. The van der Waals surface area contributed by atoms with Crippen molar-refractivity contribution in [1.82, 2.24) is 0 Å². The Morgan fingerprint density at radius 1 is 1.00 bits per heavy atom. The van der Waals surface area contributed by atoms with Gasteiger partial charge in [-0.25, -0.2) is 0 Å². The fourth-order valence-corrected chi connectivity index (χ4v) is 1.18. The Bertz CT molecular complexity index is 227. The van der Waals surface area contributed by atoms with Crippen LogP contribution in [0.25, 0.3) is 0 Å². The fraction of sp³-hybridized carbons (Fsp3) is 0.800. The smallest absolute Gasteiger partial charge is 0.311 e. The van der Waals surface area contributed by atoms with Crippen LogP contribution < -0.4 is 0 Å². The van der Waals surface area contributed by atoms with Gasteiger partial charge in [0.25, 0.3) is 0 Å². The molecule has 4 nitrogen and oxygen atoms in total. The standard InChI is InChI=1S/C10H14O4/c1-6(13-9(11)7-2-3-7)14-10(12)8-4-5-8/h6-8H,2-5H2,1H3. The molecule has 4 heteroatoms. The predicted octanol–water partition coefficient (Wildman–Crippen LogP) is 1.24. The predicted molar refractivity (Wildman–Crippen MR) is 47.1 cm³/mol. The molecule has 0 aliphatic heterocycles. The van der Waals surface area contributed by atoms with Crippen molar-refractivity contribution >= 4 is 11.9 Å². The molecule has 2 aliphatic rings. The molecule has 0 atom stereocenters. The number of carbonyl (C=O) groups is 2. The molecule has 0 bridgehead atoms. The van der Waals surface area contributed by atoms with Crippen molar-refractivity contribution in [2.45, 2.75) is 38.9 Å². The molecule has 78 valence electrons. The lowest BCUT2D eigenvalue weighted by Gasteiger charge is -2.13. The second-order valence-corrected chi connectivity index (χ2v) is 3.99. The molecule has 0 aromatic rings. The number of rotatable bonds is 4. The number of hydrogen-bond donors (Lipinski definition) is 0. The van der Waals surface area contributed by atoms with Crippen LogP contribution in [0.1, 0.15) is 32.6 Å². The van der Waals surface area contributed by atoms with E-state index in [1.54, 1.807) is 6.92 Å². The van der Waals surface area contributed by atoms with Gasteiger partial charge < -0.3 is 9.47 Å². The summed E-state index contributed by atoms with van der Waals surface area (Å²) in [4.78, 5) is 22.3. The van der Waals surface area contributed by atoms with Crippen LogP contribution in [0, 0.1) is 11.8 Å². The number of esters is 2. The van der Waals surface area contributed by atoms with Gasteiger partial charge in [0.05, 0.1) is 11.8 Å². The first kappa shape index (κ1) is 9.49. The summed E-state index contributed by atoms with van der Waals surface area (Å²) in [5.41, 5.74) is 0. The molecule has 0 heterocycles. The van der Waals surface area contributed by atoms with Crippen molar-refractivity contribution < 1.29 is 19.1 Å². The van der Waals surface area contributed by atoms with E-state index in [2.05, 4.69) is 0 Å². The Morgan fingerprint density at radius 2 is 1.36 bits per heavy atom. The zero-order valence-electron chi connectivity index (χ0n) is 8.19. The van der Waals surface area contributed by atoms with E-state index in [4.69, 9.17) is 9.47 Å². The SMILES string of the molecule is CC(OC(=O)C1CC1)OC(=O)C1CC1. The van der Waals surface area contributed by atoms with E-state index in [0.29, 0.717) is 0 Å². The van der Waals surface area contributed by atoms with Gasteiger partial charge in [-0.05, 0) is 25.7 Å². The average molecular weight is 198 g/mol. The van der Waals surface area contributed by atoms with E-state index in [-0.39, 0.29) is 23.8 Å². The molecule has 2 rings (SSSR count). The Hall–Kier alpha value is -1.06. The highest BCUT2D eigenvalue weighted by molar-refractivity contribution is 5.76. The maximum Gasteiger partial charge on any atom is 0.311 e. The highest BCUT2D eigenvalue weighted by Gasteiger charge is 2.35. The number of ether oxygens (including phenoxy) is 2. The third-order valence-corrected chi connectivity index (χ3v) is 2.39. The lowest BCUT2D eigenvalue weighted by molar-refractivity contribution is -0.186. The zero-order chi connectivity index (χ0) is 10.1. The van der Waals surface area contributed by atoms with Crippen LogP contribution in [0.5, 0.6) is 0 Å². The van der Waals surface area contributed by atoms with Crippen LogP contribution in [-0.2, 0) is 19.1 Å². The van der Waals surface area contributed by atoms with E-state index in [1.807, 2.05) is 0 Å². The monoisotopic (exact) mass is 198 g/mol. The first-order chi connectivity index (χ1) is 6.66. The third kappa shape index (κ3) is 2.47. The highest BCUT2D eigenvalue weighted by atomic mass is 16.7. The minimum absolute atomic E-state index is 0.0528. The Balaban J connectivity index is 1.68. The first-order valence-corrected chi connectivity index (χ1v) is 5.08. The molecule has 0 radical (unpaired) electrons. The average Bonchev–Trinajstić information content (AvgIpc) is 2.98. The zero-order valence-corrected chi connectivity index (χ0v) is 8.19. The summed E-state index contributed by atoms with van der Waals surface area (Å²) >= 11 is 0. The molecule has 0 spiro atoms. The largest absolute Gasteiger partial charge is 0.425 e. The quantitative estimate of drug-likeness (QED) is 0.503. The lowest BCUT2D eigenvalue weighted by atomic mass is 10.4. The van der Waals surface area contributed by atoms with Crippen molar-refractivity contribution in [2.75, 3.05) is 0 Å². The summed E-state index contributed by atoms with van der Waals surface area (Å²) in [6.07, 6.45) is 2.89. The maximum atomic E-state index is 11.2. The van der Waals surface area contributed by atoms with Crippen molar-refractivity contribution in [3.63, 3.8) is 0 Å². The molecular formula is C10H14O4. The van der Waals surface area contributed by atoms with E-state index < -0.39 is 6.29 Å².